The van der Waals surface area contributed by atoms with Crippen LogP contribution >= 0.6 is 11.8 Å². The summed E-state index contributed by atoms with van der Waals surface area (Å²) < 4.78 is 6.21. The van der Waals surface area contributed by atoms with Crippen molar-refractivity contribution in [2.45, 2.75) is 49.1 Å². The summed E-state index contributed by atoms with van der Waals surface area (Å²) in [6.45, 7) is 0. The highest BCUT2D eigenvalue weighted by molar-refractivity contribution is 7.99. The second kappa shape index (κ2) is 6.19. The number of fused-ring (bicyclic) bond motifs is 1. The number of benzene rings is 1. The first-order valence-electron chi connectivity index (χ1n) is 7.42. The summed E-state index contributed by atoms with van der Waals surface area (Å²) in [7, 11) is 2.08. The Kier molecular flexibility index (Phi) is 4.34. The van der Waals surface area contributed by atoms with Gasteiger partial charge >= 0.3 is 0 Å². The van der Waals surface area contributed by atoms with E-state index in [4.69, 9.17) is 4.74 Å². The predicted molar refractivity (Wildman–Crippen MR) is 81.0 cm³/mol. The van der Waals surface area contributed by atoms with Crippen molar-refractivity contribution in [3.05, 3.63) is 24.3 Å². The SMILES string of the molecule is CNC(CC1CCCC1)C1CSc2ccccc2O1. The lowest BCUT2D eigenvalue weighted by Crippen LogP contribution is -2.45. The monoisotopic (exact) mass is 277 g/mol. The van der Waals surface area contributed by atoms with E-state index in [1.807, 2.05) is 11.8 Å². The molecule has 1 N–H and O–H groups in total. The number of likely N-dealkylation sites (N-methyl/N-ethyl adjacent to an activating group) is 1. The van der Waals surface area contributed by atoms with Crippen molar-refractivity contribution in [3.8, 4) is 5.75 Å². The number of thioether (sulfide) groups is 1. The highest BCUT2D eigenvalue weighted by Crippen LogP contribution is 2.37. The van der Waals surface area contributed by atoms with E-state index >= 15 is 0 Å². The van der Waals surface area contributed by atoms with E-state index in [0.29, 0.717) is 12.1 Å². The van der Waals surface area contributed by atoms with Crippen LogP contribution in [0.4, 0.5) is 0 Å². The zero-order valence-electron chi connectivity index (χ0n) is 11.6. The first kappa shape index (κ1) is 13.3. The number of nitrogens with one attached hydrogen (secondary N) is 1. The van der Waals surface area contributed by atoms with Crippen LogP contribution in [0, 0.1) is 5.92 Å². The molecule has 19 heavy (non-hydrogen) atoms. The van der Waals surface area contributed by atoms with Crippen molar-refractivity contribution < 1.29 is 4.74 Å². The van der Waals surface area contributed by atoms with Crippen molar-refractivity contribution in [2.24, 2.45) is 5.92 Å². The molecule has 1 aromatic carbocycles. The van der Waals surface area contributed by atoms with Crippen molar-refractivity contribution in [1.29, 1.82) is 0 Å². The number of hydrogen-bond acceptors (Lipinski definition) is 3. The molecule has 0 amide bonds. The van der Waals surface area contributed by atoms with E-state index in [1.165, 1.54) is 37.0 Å². The highest BCUT2D eigenvalue weighted by atomic mass is 32.2. The van der Waals surface area contributed by atoms with Crippen LogP contribution in [0.1, 0.15) is 32.1 Å². The topological polar surface area (TPSA) is 21.3 Å². The predicted octanol–water partition coefficient (Wildman–Crippen LogP) is 3.71. The average molecular weight is 277 g/mol. The minimum absolute atomic E-state index is 0.311. The van der Waals surface area contributed by atoms with E-state index in [1.54, 1.807) is 0 Å². The van der Waals surface area contributed by atoms with Crippen LogP contribution in [0.5, 0.6) is 5.75 Å². The first-order valence-corrected chi connectivity index (χ1v) is 8.41. The summed E-state index contributed by atoms with van der Waals surface area (Å²) in [4.78, 5) is 1.29. The van der Waals surface area contributed by atoms with Gasteiger partial charge in [0.2, 0.25) is 0 Å². The molecular weight excluding hydrogens is 254 g/mol. The molecule has 1 aliphatic carbocycles. The summed E-state index contributed by atoms with van der Waals surface area (Å²) in [6.07, 6.45) is 7.24. The fourth-order valence-electron chi connectivity index (χ4n) is 3.29. The second-order valence-electron chi connectivity index (χ2n) is 5.70. The smallest absolute Gasteiger partial charge is 0.133 e. The Hall–Kier alpha value is -0.670. The summed E-state index contributed by atoms with van der Waals surface area (Å²) in [5.41, 5.74) is 0. The fraction of sp³-hybridized carbons (Fsp3) is 0.625. The molecule has 104 valence electrons. The lowest BCUT2D eigenvalue weighted by atomic mass is 9.95. The van der Waals surface area contributed by atoms with Crippen molar-refractivity contribution in [3.63, 3.8) is 0 Å². The van der Waals surface area contributed by atoms with Crippen LogP contribution in [0.15, 0.2) is 29.2 Å². The third-order valence-corrected chi connectivity index (χ3v) is 5.56. The Bertz CT molecular complexity index is 417. The Morgan fingerprint density at radius 3 is 2.89 bits per heavy atom. The maximum atomic E-state index is 6.21. The first-order chi connectivity index (χ1) is 9.36. The van der Waals surface area contributed by atoms with Crippen LogP contribution in [0.3, 0.4) is 0 Å². The molecule has 1 saturated carbocycles. The molecule has 2 atom stereocenters. The van der Waals surface area contributed by atoms with Gasteiger partial charge in [0.15, 0.2) is 0 Å². The van der Waals surface area contributed by atoms with Gasteiger partial charge in [0.25, 0.3) is 0 Å². The molecule has 3 heteroatoms. The Morgan fingerprint density at radius 2 is 2.11 bits per heavy atom. The third kappa shape index (κ3) is 3.09. The minimum Gasteiger partial charge on any atom is -0.487 e. The van der Waals surface area contributed by atoms with Gasteiger partial charge in [-0.1, -0.05) is 37.8 Å². The molecule has 0 spiro atoms. The maximum absolute atomic E-state index is 6.21. The summed E-state index contributed by atoms with van der Waals surface area (Å²) >= 11 is 1.93. The zero-order valence-corrected chi connectivity index (χ0v) is 12.4. The van der Waals surface area contributed by atoms with E-state index in [0.717, 1.165) is 17.4 Å². The largest absolute Gasteiger partial charge is 0.487 e. The quantitative estimate of drug-likeness (QED) is 0.906. The molecule has 0 radical (unpaired) electrons. The fourth-order valence-corrected chi connectivity index (χ4v) is 4.37. The van der Waals surface area contributed by atoms with Crippen molar-refractivity contribution in [2.75, 3.05) is 12.8 Å². The average Bonchev–Trinajstić information content (AvgIpc) is 2.97. The number of ether oxygens (including phenoxy) is 1. The Morgan fingerprint density at radius 1 is 1.32 bits per heavy atom. The Labute approximate surface area is 120 Å². The standard InChI is InChI=1S/C16H23NOS/c1-17-13(10-12-6-2-3-7-12)15-11-19-16-9-5-4-8-14(16)18-15/h4-5,8-9,12-13,15,17H,2-3,6-7,10-11H2,1H3. The Balaban J connectivity index is 1.64. The second-order valence-corrected chi connectivity index (χ2v) is 6.76. The van der Waals surface area contributed by atoms with Crippen LogP contribution in [0.25, 0.3) is 0 Å². The molecule has 0 aromatic heterocycles. The minimum atomic E-state index is 0.311. The van der Waals surface area contributed by atoms with Crippen molar-refractivity contribution >= 4 is 11.8 Å². The molecular formula is C16H23NOS. The van der Waals surface area contributed by atoms with Gasteiger partial charge in [0, 0.05) is 16.7 Å². The summed E-state index contributed by atoms with van der Waals surface area (Å²) in [5, 5.41) is 3.49. The highest BCUT2D eigenvalue weighted by Gasteiger charge is 2.29. The van der Waals surface area contributed by atoms with E-state index in [-0.39, 0.29) is 0 Å². The maximum Gasteiger partial charge on any atom is 0.133 e. The molecule has 1 heterocycles. The third-order valence-electron chi connectivity index (χ3n) is 4.41. The van der Waals surface area contributed by atoms with E-state index in [9.17, 15) is 0 Å². The van der Waals surface area contributed by atoms with Gasteiger partial charge in [-0.05, 0) is 31.5 Å². The van der Waals surface area contributed by atoms with E-state index in [2.05, 4.69) is 36.6 Å². The lowest BCUT2D eigenvalue weighted by molar-refractivity contribution is 0.154. The van der Waals surface area contributed by atoms with Crippen LogP contribution < -0.4 is 10.1 Å². The van der Waals surface area contributed by atoms with E-state index < -0.39 is 0 Å². The molecule has 0 saturated heterocycles. The molecule has 2 unspecified atom stereocenters. The molecule has 3 rings (SSSR count). The molecule has 1 fully saturated rings. The number of rotatable bonds is 4. The van der Waals surface area contributed by atoms with Crippen molar-refractivity contribution in [1.82, 2.24) is 5.32 Å². The molecule has 1 aliphatic heterocycles. The van der Waals surface area contributed by atoms with Gasteiger partial charge < -0.3 is 10.1 Å². The van der Waals surface area contributed by atoms with Gasteiger partial charge in [-0.15, -0.1) is 11.8 Å². The van der Waals surface area contributed by atoms with Gasteiger partial charge in [-0.25, -0.2) is 0 Å². The normalized spacial score (nSPS) is 24.8. The van der Waals surface area contributed by atoms with Crippen LogP contribution in [-0.2, 0) is 0 Å². The van der Waals surface area contributed by atoms with Crippen LogP contribution in [0.2, 0.25) is 0 Å². The van der Waals surface area contributed by atoms with Gasteiger partial charge in [-0.2, -0.15) is 0 Å². The lowest BCUT2D eigenvalue weighted by Gasteiger charge is -2.33. The zero-order chi connectivity index (χ0) is 13.1. The molecule has 1 aromatic rings. The van der Waals surface area contributed by atoms with Gasteiger partial charge in [0.1, 0.15) is 11.9 Å². The summed E-state index contributed by atoms with van der Waals surface area (Å²) in [6, 6.07) is 8.89. The molecule has 2 aliphatic rings. The van der Waals surface area contributed by atoms with Gasteiger partial charge in [0.05, 0.1) is 0 Å². The van der Waals surface area contributed by atoms with Crippen LogP contribution in [-0.4, -0.2) is 24.9 Å². The number of para-hydroxylation sites is 1. The molecule has 0 bridgehead atoms. The van der Waals surface area contributed by atoms with Gasteiger partial charge in [-0.3, -0.25) is 0 Å². The molecule has 2 nitrogen and oxygen atoms in total. The number of hydrogen-bond donors (Lipinski definition) is 1. The summed E-state index contributed by atoms with van der Waals surface area (Å²) in [5.74, 6) is 3.04.